The van der Waals surface area contributed by atoms with Crippen molar-refractivity contribution in [3.63, 3.8) is 0 Å². The van der Waals surface area contributed by atoms with Crippen molar-refractivity contribution in [2.45, 2.75) is 51.5 Å². The predicted molar refractivity (Wildman–Crippen MR) is 121 cm³/mol. The van der Waals surface area contributed by atoms with E-state index >= 15 is 0 Å². The Hall–Kier alpha value is -0.500. The first-order chi connectivity index (χ1) is 11.8. The van der Waals surface area contributed by atoms with Crippen LogP contribution in [0.3, 0.4) is 0 Å². The van der Waals surface area contributed by atoms with Gasteiger partial charge in [0.25, 0.3) is 0 Å². The van der Waals surface area contributed by atoms with E-state index in [0.29, 0.717) is 6.04 Å². The summed E-state index contributed by atoms with van der Waals surface area (Å²) >= 11 is 1.84. The van der Waals surface area contributed by atoms with Gasteiger partial charge in [-0.15, -0.1) is 35.3 Å². The molecule has 2 heterocycles. The van der Waals surface area contributed by atoms with E-state index in [2.05, 4.69) is 45.0 Å². The fourth-order valence-electron chi connectivity index (χ4n) is 4.01. The number of anilines is 1. The zero-order valence-corrected chi connectivity index (χ0v) is 18.7. The minimum atomic E-state index is 0. The van der Waals surface area contributed by atoms with Gasteiger partial charge in [-0.1, -0.05) is 26.2 Å². The van der Waals surface area contributed by atoms with Gasteiger partial charge in [0.05, 0.1) is 5.00 Å². The van der Waals surface area contributed by atoms with E-state index in [1.54, 1.807) is 0 Å². The Morgan fingerprint density at radius 2 is 2.00 bits per heavy atom. The molecule has 1 saturated heterocycles. The Kier molecular flexibility index (Phi) is 8.82. The summed E-state index contributed by atoms with van der Waals surface area (Å²) in [5.74, 6) is 2.64. The van der Waals surface area contributed by atoms with Crippen LogP contribution in [0, 0.1) is 11.8 Å². The summed E-state index contributed by atoms with van der Waals surface area (Å²) in [4.78, 5) is 6.95. The zero-order valence-electron chi connectivity index (χ0n) is 15.5. The minimum absolute atomic E-state index is 0. The van der Waals surface area contributed by atoms with Crippen molar-refractivity contribution in [2.75, 3.05) is 31.6 Å². The number of nitrogens with zero attached hydrogens (tertiary/aromatic N) is 2. The maximum Gasteiger partial charge on any atom is 0.191 e. The van der Waals surface area contributed by atoms with E-state index in [0.717, 1.165) is 37.4 Å². The molecule has 6 heteroatoms. The van der Waals surface area contributed by atoms with Crippen LogP contribution >= 0.6 is 35.3 Å². The first-order valence-corrected chi connectivity index (χ1v) is 10.4. The summed E-state index contributed by atoms with van der Waals surface area (Å²) in [7, 11) is 1.89. The second kappa shape index (κ2) is 10.6. The molecule has 2 aliphatic rings. The standard InChI is InChI=1S/C19H32N4S.HI/c1-15-6-3-4-7-16(15)14-21-19(20-2)22-17-9-11-23(12-10-17)18-8-5-13-24-18;/h5,8,13,15-17H,3-4,6-7,9-12,14H2,1-2H3,(H2,20,21,22);1H. The number of halogens is 1. The average Bonchev–Trinajstić information content (AvgIpc) is 3.15. The SMILES string of the molecule is CN=C(NCC1CCCCC1C)NC1CCN(c2cccs2)CC1.I. The number of nitrogens with one attached hydrogen (secondary N) is 2. The smallest absolute Gasteiger partial charge is 0.191 e. The van der Waals surface area contributed by atoms with E-state index in [1.807, 2.05) is 18.4 Å². The van der Waals surface area contributed by atoms with E-state index in [-0.39, 0.29) is 24.0 Å². The average molecular weight is 476 g/mol. The van der Waals surface area contributed by atoms with Crippen LogP contribution in [-0.4, -0.2) is 38.7 Å². The Morgan fingerprint density at radius 1 is 1.24 bits per heavy atom. The van der Waals surface area contributed by atoms with Crippen LogP contribution < -0.4 is 15.5 Å². The molecule has 1 aromatic heterocycles. The molecule has 1 aromatic rings. The van der Waals surface area contributed by atoms with Crippen molar-refractivity contribution in [3.05, 3.63) is 17.5 Å². The summed E-state index contributed by atoms with van der Waals surface area (Å²) in [6.45, 7) is 5.74. The maximum atomic E-state index is 4.44. The van der Waals surface area contributed by atoms with Crippen LogP contribution in [0.15, 0.2) is 22.5 Å². The van der Waals surface area contributed by atoms with Gasteiger partial charge in [0.2, 0.25) is 0 Å². The fourth-order valence-corrected chi connectivity index (χ4v) is 4.79. The van der Waals surface area contributed by atoms with Gasteiger partial charge < -0.3 is 15.5 Å². The Morgan fingerprint density at radius 3 is 2.64 bits per heavy atom. The highest BCUT2D eigenvalue weighted by Gasteiger charge is 2.23. The number of piperidine rings is 1. The highest BCUT2D eigenvalue weighted by atomic mass is 127. The number of aliphatic imine (C=N–C) groups is 1. The lowest BCUT2D eigenvalue weighted by Crippen LogP contribution is -2.49. The van der Waals surface area contributed by atoms with Crippen molar-refractivity contribution < 1.29 is 0 Å². The van der Waals surface area contributed by atoms with Gasteiger partial charge in [-0.2, -0.15) is 0 Å². The second-order valence-corrected chi connectivity index (χ2v) is 8.26. The van der Waals surface area contributed by atoms with Crippen LogP contribution in [0.1, 0.15) is 45.4 Å². The number of hydrogen-bond acceptors (Lipinski definition) is 3. The number of rotatable bonds is 4. The van der Waals surface area contributed by atoms with E-state index < -0.39 is 0 Å². The Labute approximate surface area is 173 Å². The van der Waals surface area contributed by atoms with Gasteiger partial charge in [0.15, 0.2) is 5.96 Å². The first kappa shape index (κ1) is 20.8. The number of hydrogen-bond donors (Lipinski definition) is 2. The van der Waals surface area contributed by atoms with E-state index in [9.17, 15) is 0 Å². The molecule has 0 aromatic carbocycles. The van der Waals surface area contributed by atoms with Crippen LogP contribution in [0.5, 0.6) is 0 Å². The van der Waals surface area contributed by atoms with Crippen LogP contribution in [0.4, 0.5) is 5.00 Å². The van der Waals surface area contributed by atoms with Gasteiger partial charge in [0.1, 0.15) is 0 Å². The van der Waals surface area contributed by atoms with Gasteiger partial charge in [-0.3, -0.25) is 4.99 Å². The lowest BCUT2D eigenvalue weighted by atomic mass is 9.80. The zero-order chi connectivity index (χ0) is 16.8. The third-order valence-electron chi connectivity index (χ3n) is 5.70. The molecule has 1 saturated carbocycles. The number of guanidine groups is 1. The molecule has 0 bridgehead atoms. The third kappa shape index (κ3) is 6.01. The van der Waals surface area contributed by atoms with Crippen molar-refractivity contribution in [1.82, 2.24) is 10.6 Å². The van der Waals surface area contributed by atoms with Crippen molar-refractivity contribution >= 4 is 46.3 Å². The minimum Gasteiger partial charge on any atom is -0.363 e. The molecule has 2 unspecified atom stereocenters. The highest BCUT2D eigenvalue weighted by Crippen LogP contribution is 2.29. The fraction of sp³-hybridized carbons (Fsp3) is 0.737. The predicted octanol–water partition coefficient (Wildman–Crippen LogP) is 4.33. The lowest BCUT2D eigenvalue weighted by Gasteiger charge is -2.34. The van der Waals surface area contributed by atoms with Crippen molar-refractivity contribution in [3.8, 4) is 0 Å². The molecule has 3 rings (SSSR count). The lowest BCUT2D eigenvalue weighted by molar-refractivity contribution is 0.256. The highest BCUT2D eigenvalue weighted by molar-refractivity contribution is 14.0. The maximum absolute atomic E-state index is 4.44. The summed E-state index contributed by atoms with van der Waals surface area (Å²) in [5.41, 5.74) is 0. The molecule has 2 atom stereocenters. The van der Waals surface area contributed by atoms with Gasteiger partial charge >= 0.3 is 0 Å². The molecular formula is C19H33IN4S. The van der Waals surface area contributed by atoms with E-state index in [4.69, 9.17) is 0 Å². The molecule has 0 radical (unpaired) electrons. The monoisotopic (exact) mass is 476 g/mol. The normalized spacial score (nSPS) is 25.4. The molecule has 25 heavy (non-hydrogen) atoms. The molecule has 2 fully saturated rings. The summed E-state index contributed by atoms with van der Waals surface area (Å²) < 4.78 is 0. The largest absolute Gasteiger partial charge is 0.363 e. The Bertz CT molecular complexity index is 512. The number of thiophene rings is 1. The quantitative estimate of drug-likeness (QED) is 0.386. The topological polar surface area (TPSA) is 39.7 Å². The second-order valence-electron chi connectivity index (χ2n) is 7.33. The first-order valence-electron chi connectivity index (χ1n) is 9.52. The molecule has 4 nitrogen and oxygen atoms in total. The van der Waals surface area contributed by atoms with Gasteiger partial charge in [-0.25, -0.2) is 0 Å². The molecule has 2 N–H and O–H groups in total. The van der Waals surface area contributed by atoms with Crippen LogP contribution in [0.2, 0.25) is 0 Å². The van der Waals surface area contributed by atoms with Crippen LogP contribution in [0.25, 0.3) is 0 Å². The third-order valence-corrected chi connectivity index (χ3v) is 6.63. The summed E-state index contributed by atoms with van der Waals surface area (Å²) in [6, 6.07) is 4.91. The van der Waals surface area contributed by atoms with Crippen molar-refractivity contribution in [2.24, 2.45) is 16.8 Å². The molecule has 1 aliphatic carbocycles. The van der Waals surface area contributed by atoms with Gasteiger partial charge in [0, 0.05) is 32.7 Å². The molecule has 0 spiro atoms. The Balaban J connectivity index is 0.00000225. The van der Waals surface area contributed by atoms with Gasteiger partial charge in [-0.05, 0) is 48.6 Å². The van der Waals surface area contributed by atoms with Crippen LogP contribution in [-0.2, 0) is 0 Å². The molecular weight excluding hydrogens is 443 g/mol. The molecule has 1 aliphatic heterocycles. The molecule has 0 amide bonds. The van der Waals surface area contributed by atoms with E-state index in [1.165, 1.54) is 43.5 Å². The summed E-state index contributed by atoms with van der Waals surface area (Å²) in [5, 5.41) is 10.8. The summed E-state index contributed by atoms with van der Waals surface area (Å²) in [6.07, 6.45) is 7.91. The van der Waals surface area contributed by atoms with Crippen molar-refractivity contribution in [1.29, 1.82) is 0 Å². The molecule has 142 valence electrons.